The molecule has 1 heterocycles. The summed E-state index contributed by atoms with van der Waals surface area (Å²) >= 11 is 3.38. The molecule has 5 nitrogen and oxygen atoms in total. The molecule has 3 rings (SSSR count). The van der Waals surface area contributed by atoms with E-state index < -0.39 is 0 Å². The average Bonchev–Trinajstić information content (AvgIpc) is 2.63. The number of aryl methyl sites for hydroxylation is 2. The molecule has 3 aromatic rings. The summed E-state index contributed by atoms with van der Waals surface area (Å²) in [5.41, 5.74) is 3.50. The van der Waals surface area contributed by atoms with Crippen molar-refractivity contribution in [1.29, 1.82) is 0 Å². The molecule has 0 saturated heterocycles. The molecule has 0 aliphatic carbocycles. The number of nitrogens with zero attached hydrogens (tertiary/aromatic N) is 2. The average molecular weight is 428 g/mol. The van der Waals surface area contributed by atoms with E-state index >= 15 is 0 Å². The van der Waals surface area contributed by atoms with Crippen LogP contribution < -0.4 is 10.9 Å². The van der Waals surface area contributed by atoms with Crippen molar-refractivity contribution in [1.82, 2.24) is 9.55 Å². The van der Waals surface area contributed by atoms with Gasteiger partial charge >= 0.3 is 0 Å². The van der Waals surface area contributed by atoms with E-state index in [9.17, 15) is 9.59 Å². The molecule has 2 aromatic carbocycles. The van der Waals surface area contributed by atoms with Gasteiger partial charge in [0.2, 0.25) is 5.91 Å². The zero-order chi connectivity index (χ0) is 19.6. The predicted octanol–water partition coefficient (Wildman–Crippen LogP) is 4.62. The Balaban J connectivity index is 1.76. The number of carbonyl (C=O) groups excluding carboxylic acids is 1. The third kappa shape index (κ3) is 4.27. The van der Waals surface area contributed by atoms with Gasteiger partial charge in [0.05, 0.1) is 17.2 Å². The van der Waals surface area contributed by atoms with Gasteiger partial charge in [-0.1, -0.05) is 48.0 Å². The number of rotatable bonds is 5. The summed E-state index contributed by atoms with van der Waals surface area (Å²) in [7, 11) is 0. The maximum Gasteiger partial charge on any atom is 0.261 e. The smallest absolute Gasteiger partial charge is 0.261 e. The Hall–Kier alpha value is -2.47. The second-order valence-electron chi connectivity index (χ2n) is 6.90. The number of halogens is 1. The number of hydrogen-bond donors (Lipinski definition) is 1. The SMILES string of the molecule is Cc1cccc(C(C)C)c1NC(=O)CCn1cnc2ccc(Br)cc2c1=O. The first kappa shape index (κ1) is 19.3. The lowest BCUT2D eigenvalue weighted by atomic mass is 9.98. The zero-order valence-corrected chi connectivity index (χ0v) is 17.2. The van der Waals surface area contributed by atoms with Gasteiger partial charge in [0.15, 0.2) is 0 Å². The normalized spacial score (nSPS) is 11.1. The molecule has 0 unspecified atom stereocenters. The fourth-order valence-corrected chi connectivity index (χ4v) is 3.42. The molecule has 0 aliphatic heterocycles. The van der Waals surface area contributed by atoms with Crippen molar-refractivity contribution in [3.05, 3.63) is 68.7 Å². The minimum absolute atomic E-state index is 0.118. The van der Waals surface area contributed by atoms with E-state index in [4.69, 9.17) is 0 Å². The number of amides is 1. The van der Waals surface area contributed by atoms with E-state index in [2.05, 4.69) is 40.1 Å². The van der Waals surface area contributed by atoms with Crippen LogP contribution in [-0.2, 0) is 11.3 Å². The van der Waals surface area contributed by atoms with Gasteiger partial charge < -0.3 is 5.32 Å². The molecule has 0 spiro atoms. The van der Waals surface area contributed by atoms with E-state index in [1.165, 1.54) is 10.9 Å². The summed E-state index contributed by atoms with van der Waals surface area (Å²) < 4.78 is 2.31. The van der Waals surface area contributed by atoms with Crippen molar-refractivity contribution in [2.24, 2.45) is 0 Å². The van der Waals surface area contributed by atoms with Crippen LogP contribution in [0.4, 0.5) is 5.69 Å². The van der Waals surface area contributed by atoms with E-state index in [0.29, 0.717) is 16.8 Å². The summed E-state index contributed by atoms with van der Waals surface area (Å²) in [6.07, 6.45) is 1.70. The lowest BCUT2D eigenvalue weighted by Gasteiger charge is -2.16. The standard InChI is InChI=1S/C21H22BrN3O2/c1-13(2)16-6-4-5-14(3)20(16)24-19(26)9-10-25-12-23-18-8-7-15(22)11-17(18)21(25)27/h4-8,11-13H,9-10H2,1-3H3,(H,24,26). The highest BCUT2D eigenvalue weighted by molar-refractivity contribution is 9.10. The van der Waals surface area contributed by atoms with Crippen LogP contribution in [0.2, 0.25) is 0 Å². The van der Waals surface area contributed by atoms with Gasteiger partial charge in [-0.3, -0.25) is 14.2 Å². The van der Waals surface area contributed by atoms with Crippen molar-refractivity contribution in [2.75, 3.05) is 5.32 Å². The van der Waals surface area contributed by atoms with Crippen LogP contribution in [-0.4, -0.2) is 15.5 Å². The summed E-state index contributed by atoms with van der Waals surface area (Å²) in [5, 5.41) is 3.55. The number of hydrogen-bond acceptors (Lipinski definition) is 3. The van der Waals surface area contributed by atoms with Crippen LogP contribution in [0.15, 0.2) is 52.0 Å². The van der Waals surface area contributed by atoms with Crippen LogP contribution in [0, 0.1) is 6.92 Å². The third-order valence-electron chi connectivity index (χ3n) is 4.56. The maximum absolute atomic E-state index is 12.6. The van der Waals surface area contributed by atoms with Crippen molar-refractivity contribution in [2.45, 2.75) is 39.7 Å². The quantitative estimate of drug-likeness (QED) is 0.645. The van der Waals surface area contributed by atoms with Crippen LogP contribution in [0.3, 0.4) is 0 Å². The van der Waals surface area contributed by atoms with Crippen molar-refractivity contribution in [3.8, 4) is 0 Å². The van der Waals surface area contributed by atoms with Gasteiger partial charge in [-0.2, -0.15) is 0 Å². The number of carbonyl (C=O) groups is 1. The summed E-state index contributed by atoms with van der Waals surface area (Å²) in [4.78, 5) is 29.4. The monoisotopic (exact) mass is 427 g/mol. The number of nitrogens with one attached hydrogen (secondary N) is 1. The van der Waals surface area contributed by atoms with Crippen LogP contribution in [0.25, 0.3) is 10.9 Å². The second kappa shape index (κ2) is 8.05. The predicted molar refractivity (Wildman–Crippen MR) is 112 cm³/mol. The molecule has 0 aliphatic rings. The Morgan fingerprint density at radius 1 is 1.26 bits per heavy atom. The largest absolute Gasteiger partial charge is 0.326 e. The highest BCUT2D eigenvalue weighted by Gasteiger charge is 2.13. The molecule has 140 valence electrons. The molecule has 0 radical (unpaired) electrons. The zero-order valence-electron chi connectivity index (χ0n) is 15.6. The van der Waals surface area contributed by atoms with Crippen molar-refractivity contribution < 1.29 is 4.79 Å². The Bertz CT molecular complexity index is 1060. The second-order valence-corrected chi connectivity index (χ2v) is 7.81. The Morgan fingerprint density at radius 3 is 2.78 bits per heavy atom. The Kier molecular flexibility index (Phi) is 5.75. The number of para-hydroxylation sites is 1. The molecule has 0 bridgehead atoms. The van der Waals surface area contributed by atoms with E-state index in [1.54, 1.807) is 12.1 Å². The fraction of sp³-hybridized carbons (Fsp3) is 0.286. The first-order chi connectivity index (χ1) is 12.9. The molecule has 27 heavy (non-hydrogen) atoms. The topological polar surface area (TPSA) is 64.0 Å². The van der Waals surface area contributed by atoms with Crippen LogP contribution in [0.5, 0.6) is 0 Å². The Labute approximate surface area is 166 Å². The van der Waals surface area contributed by atoms with Gasteiger partial charge in [0, 0.05) is 23.1 Å². The molecule has 0 saturated carbocycles. The summed E-state index contributed by atoms with van der Waals surface area (Å²) in [6, 6.07) is 11.4. The molecule has 6 heteroatoms. The van der Waals surface area contributed by atoms with Gasteiger partial charge in [-0.05, 0) is 42.2 Å². The van der Waals surface area contributed by atoms with Gasteiger partial charge in [0.25, 0.3) is 5.56 Å². The highest BCUT2D eigenvalue weighted by atomic mass is 79.9. The first-order valence-corrected chi connectivity index (χ1v) is 9.70. The summed E-state index contributed by atoms with van der Waals surface area (Å²) in [6.45, 7) is 6.46. The van der Waals surface area contributed by atoms with Crippen molar-refractivity contribution in [3.63, 3.8) is 0 Å². The highest BCUT2D eigenvalue weighted by Crippen LogP contribution is 2.27. The lowest BCUT2D eigenvalue weighted by molar-refractivity contribution is -0.116. The third-order valence-corrected chi connectivity index (χ3v) is 5.05. The lowest BCUT2D eigenvalue weighted by Crippen LogP contribution is -2.24. The first-order valence-electron chi connectivity index (χ1n) is 8.91. The van der Waals surface area contributed by atoms with Crippen molar-refractivity contribution >= 4 is 38.4 Å². The fourth-order valence-electron chi connectivity index (χ4n) is 3.06. The van der Waals surface area contributed by atoms with Crippen LogP contribution >= 0.6 is 15.9 Å². The molecule has 0 fully saturated rings. The molecule has 1 amide bonds. The molecular formula is C21H22BrN3O2. The maximum atomic E-state index is 12.6. The molecular weight excluding hydrogens is 406 g/mol. The van der Waals surface area contributed by atoms with Gasteiger partial charge in [-0.15, -0.1) is 0 Å². The van der Waals surface area contributed by atoms with E-state index in [0.717, 1.165) is 21.3 Å². The minimum Gasteiger partial charge on any atom is -0.326 e. The number of anilines is 1. The van der Waals surface area contributed by atoms with Gasteiger partial charge in [0.1, 0.15) is 0 Å². The van der Waals surface area contributed by atoms with Gasteiger partial charge in [-0.25, -0.2) is 4.98 Å². The number of fused-ring (bicyclic) bond motifs is 1. The molecule has 1 N–H and O–H groups in total. The van der Waals surface area contributed by atoms with Crippen LogP contribution in [0.1, 0.15) is 37.3 Å². The molecule has 0 atom stereocenters. The van der Waals surface area contributed by atoms with E-state index in [-0.39, 0.29) is 24.4 Å². The minimum atomic E-state index is -0.145. The van der Waals surface area contributed by atoms with E-state index in [1.807, 2.05) is 31.2 Å². The Morgan fingerprint density at radius 2 is 2.04 bits per heavy atom. The number of benzene rings is 2. The molecule has 1 aromatic heterocycles. The number of aromatic nitrogens is 2. The summed E-state index contributed by atoms with van der Waals surface area (Å²) in [5.74, 6) is 0.193.